The lowest BCUT2D eigenvalue weighted by molar-refractivity contribution is 0.0601. The highest BCUT2D eigenvalue weighted by molar-refractivity contribution is 6.03. The fraction of sp³-hybridized carbons (Fsp3) is 0.308. The third-order valence-electron chi connectivity index (χ3n) is 2.87. The molecule has 1 aromatic carbocycles. The predicted octanol–water partition coefficient (Wildman–Crippen LogP) is 2.29. The second-order valence-electron chi connectivity index (χ2n) is 4.04. The molecule has 0 aliphatic rings. The van der Waals surface area contributed by atoms with Crippen LogP contribution >= 0.6 is 0 Å². The highest BCUT2D eigenvalue weighted by Crippen LogP contribution is 2.29. The fourth-order valence-electron chi connectivity index (χ4n) is 1.97. The number of benzene rings is 1. The van der Waals surface area contributed by atoms with Crippen LogP contribution in [0, 0.1) is 13.8 Å². The van der Waals surface area contributed by atoms with Gasteiger partial charge in [-0.2, -0.15) is 0 Å². The van der Waals surface area contributed by atoms with Crippen molar-refractivity contribution >= 4 is 16.9 Å². The Hall–Kier alpha value is -1.81. The Balaban J connectivity index is 2.80. The number of ether oxygens (including phenoxy) is 1. The first-order valence-electron chi connectivity index (χ1n) is 5.39. The first-order chi connectivity index (χ1) is 8.08. The Morgan fingerprint density at radius 2 is 2.12 bits per heavy atom. The molecule has 2 N–H and O–H groups in total. The van der Waals surface area contributed by atoms with Crippen molar-refractivity contribution in [3.8, 4) is 0 Å². The summed E-state index contributed by atoms with van der Waals surface area (Å²) in [5, 5.41) is 0.922. The third-order valence-corrected chi connectivity index (χ3v) is 2.87. The number of carbonyl (C=O) groups is 1. The summed E-state index contributed by atoms with van der Waals surface area (Å²) < 4.78 is 10.4. The van der Waals surface area contributed by atoms with E-state index in [0.29, 0.717) is 23.5 Å². The van der Waals surface area contributed by atoms with Gasteiger partial charge in [-0.15, -0.1) is 0 Å². The molecule has 1 heterocycles. The summed E-state index contributed by atoms with van der Waals surface area (Å²) in [5.74, 6) is 0.312. The number of nitrogens with two attached hydrogens (primary N) is 1. The lowest BCUT2D eigenvalue weighted by Crippen LogP contribution is -2.01. The molecule has 0 atom stereocenters. The normalized spacial score (nSPS) is 10.8. The molecule has 0 radical (unpaired) electrons. The van der Waals surface area contributed by atoms with Gasteiger partial charge >= 0.3 is 5.97 Å². The van der Waals surface area contributed by atoms with Crippen molar-refractivity contribution in [2.24, 2.45) is 5.73 Å². The Morgan fingerprint density at radius 3 is 2.71 bits per heavy atom. The molecule has 0 aliphatic heterocycles. The number of furan rings is 1. The molecule has 0 fully saturated rings. The minimum absolute atomic E-state index is 0.320. The van der Waals surface area contributed by atoms with E-state index >= 15 is 0 Å². The number of aryl methyl sites for hydroxylation is 2. The van der Waals surface area contributed by atoms with E-state index in [0.717, 1.165) is 16.5 Å². The number of esters is 1. The van der Waals surface area contributed by atoms with Crippen LogP contribution in [0.5, 0.6) is 0 Å². The van der Waals surface area contributed by atoms with Crippen LogP contribution in [0.3, 0.4) is 0 Å². The van der Waals surface area contributed by atoms with Crippen LogP contribution in [-0.4, -0.2) is 13.1 Å². The van der Waals surface area contributed by atoms with Gasteiger partial charge in [0.1, 0.15) is 16.9 Å². The van der Waals surface area contributed by atoms with Gasteiger partial charge in [0.2, 0.25) is 0 Å². The van der Waals surface area contributed by atoms with Gasteiger partial charge in [-0.3, -0.25) is 0 Å². The van der Waals surface area contributed by atoms with Crippen LogP contribution in [0.25, 0.3) is 11.0 Å². The average molecular weight is 233 g/mol. The molecule has 0 spiro atoms. The van der Waals surface area contributed by atoms with Crippen LogP contribution in [0.15, 0.2) is 16.5 Å². The summed E-state index contributed by atoms with van der Waals surface area (Å²) in [5.41, 5.74) is 8.58. The van der Waals surface area contributed by atoms with Gasteiger partial charge < -0.3 is 14.9 Å². The molecule has 0 saturated heterocycles. The Morgan fingerprint density at radius 1 is 1.41 bits per heavy atom. The molecule has 90 valence electrons. The average Bonchev–Trinajstić information content (AvgIpc) is 2.64. The topological polar surface area (TPSA) is 65.5 Å². The lowest BCUT2D eigenvalue weighted by atomic mass is 10.0. The van der Waals surface area contributed by atoms with Crippen molar-refractivity contribution in [3.05, 3.63) is 34.6 Å². The van der Waals surface area contributed by atoms with E-state index in [1.54, 1.807) is 6.07 Å². The van der Waals surface area contributed by atoms with Gasteiger partial charge in [0.15, 0.2) is 0 Å². The van der Waals surface area contributed by atoms with Gasteiger partial charge in [-0.25, -0.2) is 4.79 Å². The van der Waals surface area contributed by atoms with E-state index in [1.807, 2.05) is 19.9 Å². The molecule has 0 aliphatic carbocycles. The van der Waals surface area contributed by atoms with E-state index in [9.17, 15) is 4.79 Å². The molecule has 1 aromatic heterocycles. The predicted molar refractivity (Wildman–Crippen MR) is 64.9 cm³/mol. The summed E-state index contributed by atoms with van der Waals surface area (Å²) in [6.07, 6.45) is 0. The number of hydrogen-bond acceptors (Lipinski definition) is 4. The van der Waals surface area contributed by atoms with Gasteiger partial charge in [-0.1, -0.05) is 0 Å². The van der Waals surface area contributed by atoms with E-state index in [1.165, 1.54) is 7.11 Å². The molecule has 2 aromatic rings. The zero-order valence-electron chi connectivity index (χ0n) is 10.2. The first kappa shape index (κ1) is 11.7. The quantitative estimate of drug-likeness (QED) is 0.808. The van der Waals surface area contributed by atoms with E-state index in [2.05, 4.69) is 0 Å². The number of hydrogen-bond donors (Lipinski definition) is 1. The van der Waals surface area contributed by atoms with Gasteiger partial charge in [0.25, 0.3) is 0 Å². The Labute approximate surface area is 99.3 Å². The molecular weight excluding hydrogens is 218 g/mol. The summed E-state index contributed by atoms with van der Waals surface area (Å²) in [7, 11) is 1.36. The fourth-order valence-corrected chi connectivity index (χ4v) is 1.97. The molecule has 4 nitrogen and oxygen atoms in total. The van der Waals surface area contributed by atoms with Crippen LogP contribution in [-0.2, 0) is 11.3 Å². The number of carbonyl (C=O) groups excluding carboxylic acids is 1. The van der Waals surface area contributed by atoms with Crippen LogP contribution < -0.4 is 5.73 Å². The van der Waals surface area contributed by atoms with Gasteiger partial charge in [0, 0.05) is 5.39 Å². The molecule has 4 heteroatoms. The monoisotopic (exact) mass is 233 g/mol. The smallest absolute Gasteiger partial charge is 0.341 e. The Kier molecular flexibility index (Phi) is 2.90. The second kappa shape index (κ2) is 4.22. The number of rotatable bonds is 2. The van der Waals surface area contributed by atoms with Gasteiger partial charge in [0.05, 0.1) is 13.7 Å². The number of methoxy groups -OCH3 is 1. The maximum absolute atomic E-state index is 11.7. The van der Waals surface area contributed by atoms with Crippen LogP contribution in [0.4, 0.5) is 0 Å². The maximum Gasteiger partial charge on any atom is 0.341 e. The highest BCUT2D eigenvalue weighted by Gasteiger charge is 2.18. The second-order valence-corrected chi connectivity index (χ2v) is 4.04. The molecule has 2 rings (SSSR count). The van der Waals surface area contributed by atoms with Crippen LogP contribution in [0.2, 0.25) is 0 Å². The van der Waals surface area contributed by atoms with Crippen molar-refractivity contribution in [2.75, 3.05) is 7.11 Å². The zero-order valence-corrected chi connectivity index (χ0v) is 10.2. The summed E-state index contributed by atoms with van der Waals surface area (Å²) >= 11 is 0. The molecule has 17 heavy (non-hydrogen) atoms. The summed E-state index contributed by atoms with van der Waals surface area (Å²) in [6, 6.07) is 3.75. The molecule has 0 bridgehead atoms. The Bertz CT molecular complexity index is 584. The molecule has 0 saturated carbocycles. The molecule has 0 unspecified atom stereocenters. The zero-order chi connectivity index (χ0) is 12.6. The van der Waals surface area contributed by atoms with E-state index in [4.69, 9.17) is 14.9 Å². The standard InChI is InChI=1S/C13H15NO3/c1-7-4-9-8(2)11(6-14)17-12(9)10(5-7)13(15)16-3/h4-5H,6,14H2,1-3H3. The van der Waals surface area contributed by atoms with Gasteiger partial charge in [-0.05, 0) is 37.1 Å². The maximum atomic E-state index is 11.7. The van der Waals surface area contributed by atoms with Crippen molar-refractivity contribution < 1.29 is 13.9 Å². The molecule has 0 amide bonds. The van der Waals surface area contributed by atoms with Crippen molar-refractivity contribution in [2.45, 2.75) is 20.4 Å². The minimum atomic E-state index is -0.393. The van der Waals surface area contributed by atoms with Crippen molar-refractivity contribution in [1.29, 1.82) is 0 Å². The highest BCUT2D eigenvalue weighted by atomic mass is 16.5. The van der Waals surface area contributed by atoms with Crippen molar-refractivity contribution in [1.82, 2.24) is 0 Å². The summed E-state index contributed by atoms with van der Waals surface area (Å²) in [4.78, 5) is 11.7. The molecular formula is C13H15NO3. The number of fused-ring (bicyclic) bond motifs is 1. The lowest BCUT2D eigenvalue weighted by Gasteiger charge is -2.02. The van der Waals surface area contributed by atoms with Crippen LogP contribution in [0.1, 0.15) is 27.2 Å². The first-order valence-corrected chi connectivity index (χ1v) is 5.39. The SMILES string of the molecule is COC(=O)c1cc(C)cc2c(C)c(CN)oc12. The van der Waals surface area contributed by atoms with Crippen molar-refractivity contribution in [3.63, 3.8) is 0 Å². The third kappa shape index (κ3) is 1.80. The largest absolute Gasteiger partial charge is 0.465 e. The van der Waals surface area contributed by atoms with E-state index in [-0.39, 0.29) is 0 Å². The summed E-state index contributed by atoms with van der Waals surface area (Å²) in [6.45, 7) is 4.19. The van der Waals surface area contributed by atoms with E-state index < -0.39 is 5.97 Å². The minimum Gasteiger partial charge on any atom is -0.465 e.